The molecular formula is C25H23N3O2. The Balaban J connectivity index is 1.49. The molecule has 1 aliphatic rings. The number of carboxylic acids is 1. The Labute approximate surface area is 174 Å². The summed E-state index contributed by atoms with van der Waals surface area (Å²) in [7, 11) is 0. The van der Waals surface area contributed by atoms with Crippen LogP contribution in [0.1, 0.15) is 34.6 Å². The topological polar surface area (TPSA) is 78.0 Å². The van der Waals surface area contributed by atoms with Crippen LogP contribution in [0.4, 0.5) is 0 Å². The van der Waals surface area contributed by atoms with Gasteiger partial charge in [0.1, 0.15) is 11.3 Å². The van der Waals surface area contributed by atoms with Gasteiger partial charge < -0.3 is 15.4 Å². The Morgan fingerprint density at radius 1 is 1.07 bits per heavy atom. The molecule has 0 spiro atoms. The lowest BCUT2D eigenvalue weighted by atomic mass is 9.96. The number of fused-ring (bicyclic) bond motifs is 1. The summed E-state index contributed by atoms with van der Waals surface area (Å²) in [6.45, 7) is 2.70. The Morgan fingerprint density at radius 3 is 2.53 bits per heavy atom. The maximum absolute atomic E-state index is 11.7. The number of aromatic carboxylic acids is 1. The second-order valence-corrected chi connectivity index (χ2v) is 7.94. The van der Waals surface area contributed by atoms with Crippen molar-refractivity contribution in [2.75, 3.05) is 0 Å². The lowest BCUT2D eigenvalue weighted by Crippen LogP contribution is -2.15. The monoisotopic (exact) mass is 397 g/mol. The molecule has 0 saturated heterocycles. The van der Waals surface area contributed by atoms with E-state index in [4.69, 9.17) is 0 Å². The summed E-state index contributed by atoms with van der Waals surface area (Å²) < 4.78 is 0. The number of H-pyrrole nitrogens is 1. The number of aromatic nitrogens is 2. The van der Waals surface area contributed by atoms with Gasteiger partial charge in [-0.15, -0.1) is 0 Å². The summed E-state index contributed by atoms with van der Waals surface area (Å²) in [4.78, 5) is 19.2. The summed E-state index contributed by atoms with van der Waals surface area (Å²) >= 11 is 0. The van der Waals surface area contributed by atoms with Crippen molar-refractivity contribution in [3.63, 3.8) is 0 Å². The largest absolute Gasteiger partial charge is 0.478 e. The highest BCUT2D eigenvalue weighted by Crippen LogP contribution is 2.30. The first-order valence-electron chi connectivity index (χ1n) is 10.2. The fraction of sp³-hybridized carbons (Fsp3) is 0.200. The summed E-state index contributed by atoms with van der Waals surface area (Å²) in [5, 5.41) is 13.2. The van der Waals surface area contributed by atoms with E-state index in [9.17, 15) is 9.90 Å². The maximum Gasteiger partial charge on any atom is 0.337 e. The van der Waals surface area contributed by atoms with Crippen LogP contribution in [0.3, 0.4) is 0 Å². The van der Waals surface area contributed by atoms with Crippen LogP contribution in [0.25, 0.3) is 33.3 Å². The predicted molar refractivity (Wildman–Crippen MR) is 119 cm³/mol. The lowest BCUT2D eigenvalue weighted by molar-refractivity contribution is 0.0699. The SMILES string of the molecule is Cc1nc2c(C(=O)O)cc(-c3ccc(-c4ccccc4CNC4CC4)cc3)cc2[nH]1. The first-order valence-corrected chi connectivity index (χ1v) is 10.2. The van der Waals surface area contributed by atoms with Gasteiger partial charge in [0, 0.05) is 12.6 Å². The zero-order valence-corrected chi connectivity index (χ0v) is 16.8. The van der Waals surface area contributed by atoms with E-state index in [-0.39, 0.29) is 5.56 Å². The average molecular weight is 397 g/mol. The molecule has 1 aromatic heterocycles. The number of nitrogens with zero attached hydrogens (tertiary/aromatic N) is 1. The molecule has 0 unspecified atom stereocenters. The van der Waals surface area contributed by atoms with Crippen molar-refractivity contribution in [3.8, 4) is 22.3 Å². The molecule has 3 N–H and O–H groups in total. The first kappa shape index (κ1) is 18.6. The standard InChI is InChI=1S/C25H23N3O2/c1-15-27-23-13-19(12-22(25(29)30)24(23)28-15)16-6-8-17(9-7-16)21-5-3-2-4-18(21)14-26-20-10-11-20/h2-9,12-13,20,26H,10-11,14H2,1H3,(H,27,28)(H,29,30). The van der Waals surface area contributed by atoms with Crippen molar-refractivity contribution in [3.05, 3.63) is 77.6 Å². The summed E-state index contributed by atoms with van der Waals surface area (Å²) in [6, 6.07) is 21.1. The molecule has 1 aliphatic carbocycles. The molecule has 1 fully saturated rings. The molecule has 5 heteroatoms. The van der Waals surface area contributed by atoms with Crippen LogP contribution in [0.5, 0.6) is 0 Å². The number of nitrogens with one attached hydrogen (secondary N) is 2. The first-order chi connectivity index (χ1) is 14.6. The normalized spacial score (nSPS) is 13.6. The van der Waals surface area contributed by atoms with Gasteiger partial charge in [-0.05, 0) is 59.7 Å². The zero-order chi connectivity index (χ0) is 20.7. The fourth-order valence-electron chi connectivity index (χ4n) is 3.91. The van der Waals surface area contributed by atoms with Crippen LogP contribution in [-0.2, 0) is 6.54 Å². The van der Waals surface area contributed by atoms with E-state index in [0.717, 1.165) is 28.8 Å². The van der Waals surface area contributed by atoms with Crippen molar-refractivity contribution in [2.45, 2.75) is 32.4 Å². The quantitative estimate of drug-likeness (QED) is 0.420. The second kappa shape index (κ2) is 7.43. The van der Waals surface area contributed by atoms with Crippen LogP contribution in [-0.4, -0.2) is 27.1 Å². The van der Waals surface area contributed by atoms with Gasteiger partial charge in [0.15, 0.2) is 0 Å². The smallest absolute Gasteiger partial charge is 0.337 e. The second-order valence-electron chi connectivity index (χ2n) is 7.94. The average Bonchev–Trinajstić information content (AvgIpc) is 3.51. The lowest BCUT2D eigenvalue weighted by Gasteiger charge is -2.12. The van der Waals surface area contributed by atoms with Crippen molar-refractivity contribution in [2.24, 2.45) is 0 Å². The molecule has 4 aromatic rings. The van der Waals surface area contributed by atoms with Crippen LogP contribution in [0, 0.1) is 6.92 Å². The molecule has 1 heterocycles. The van der Waals surface area contributed by atoms with Gasteiger partial charge >= 0.3 is 5.97 Å². The maximum atomic E-state index is 11.7. The third kappa shape index (κ3) is 3.60. The molecule has 5 rings (SSSR count). The number of hydrogen-bond acceptors (Lipinski definition) is 3. The number of aromatic amines is 1. The van der Waals surface area contributed by atoms with Crippen molar-refractivity contribution >= 4 is 17.0 Å². The number of hydrogen-bond donors (Lipinski definition) is 3. The van der Waals surface area contributed by atoms with E-state index in [1.54, 1.807) is 6.07 Å². The van der Waals surface area contributed by atoms with Gasteiger partial charge in [-0.25, -0.2) is 9.78 Å². The van der Waals surface area contributed by atoms with Gasteiger partial charge in [0.2, 0.25) is 0 Å². The number of rotatable bonds is 6. The van der Waals surface area contributed by atoms with E-state index in [2.05, 4.69) is 63.8 Å². The Kier molecular flexibility index (Phi) is 4.60. The molecule has 3 aromatic carbocycles. The van der Waals surface area contributed by atoms with Gasteiger partial charge in [0.05, 0.1) is 11.1 Å². The highest BCUT2D eigenvalue weighted by atomic mass is 16.4. The number of aryl methyl sites for hydroxylation is 1. The van der Waals surface area contributed by atoms with Crippen molar-refractivity contribution in [1.29, 1.82) is 0 Å². The van der Waals surface area contributed by atoms with E-state index in [1.807, 2.05) is 13.0 Å². The van der Waals surface area contributed by atoms with Crippen molar-refractivity contribution < 1.29 is 9.90 Å². The number of benzene rings is 3. The molecule has 0 bridgehead atoms. The summed E-state index contributed by atoms with van der Waals surface area (Å²) in [6.07, 6.45) is 2.55. The number of imidazole rings is 1. The minimum atomic E-state index is -0.970. The molecule has 0 atom stereocenters. The predicted octanol–water partition coefficient (Wildman–Crippen LogP) is 5.16. The number of carboxylic acid groups (broad SMARTS) is 1. The summed E-state index contributed by atoms with van der Waals surface area (Å²) in [5.41, 5.74) is 6.96. The Hall–Kier alpha value is -3.44. The van der Waals surface area contributed by atoms with Crippen LogP contribution in [0.15, 0.2) is 60.7 Å². The van der Waals surface area contributed by atoms with E-state index >= 15 is 0 Å². The van der Waals surface area contributed by atoms with Gasteiger partial charge in [-0.1, -0.05) is 48.5 Å². The van der Waals surface area contributed by atoms with Crippen molar-refractivity contribution in [1.82, 2.24) is 15.3 Å². The molecule has 0 radical (unpaired) electrons. The zero-order valence-electron chi connectivity index (χ0n) is 16.8. The van der Waals surface area contributed by atoms with Gasteiger partial charge in [-0.3, -0.25) is 0 Å². The minimum Gasteiger partial charge on any atom is -0.478 e. The molecule has 5 nitrogen and oxygen atoms in total. The Bertz CT molecular complexity index is 1240. The molecule has 0 amide bonds. The number of carbonyl (C=O) groups is 1. The molecule has 0 aliphatic heterocycles. The molecule has 30 heavy (non-hydrogen) atoms. The van der Waals surface area contributed by atoms with Crippen LogP contribution >= 0.6 is 0 Å². The van der Waals surface area contributed by atoms with Gasteiger partial charge in [-0.2, -0.15) is 0 Å². The minimum absolute atomic E-state index is 0.215. The third-order valence-electron chi connectivity index (χ3n) is 5.64. The molecular weight excluding hydrogens is 374 g/mol. The van der Waals surface area contributed by atoms with Gasteiger partial charge in [0.25, 0.3) is 0 Å². The Morgan fingerprint density at radius 2 is 1.80 bits per heavy atom. The highest BCUT2D eigenvalue weighted by Gasteiger charge is 2.20. The fourth-order valence-corrected chi connectivity index (χ4v) is 3.91. The third-order valence-corrected chi connectivity index (χ3v) is 5.64. The van der Waals surface area contributed by atoms with E-state index < -0.39 is 5.97 Å². The molecule has 150 valence electrons. The van der Waals surface area contributed by atoms with Crippen LogP contribution < -0.4 is 5.32 Å². The van der Waals surface area contributed by atoms with Crippen LogP contribution in [0.2, 0.25) is 0 Å². The highest BCUT2D eigenvalue weighted by molar-refractivity contribution is 6.03. The van der Waals surface area contributed by atoms with E-state index in [1.165, 1.54) is 24.0 Å². The summed E-state index contributed by atoms with van der Waals surface area (Å²) in [5.74, 6) is -0.265. The van der Waals surface area contributed by atoms with E-state index in [0.29, 0.717) is 17.4 Å². The molecule has 1 saturated carbocycles.